The number of hydrogen-bond acceptors (Lipinski definition) is 3. The third-order valence-electron chi connectivity index (χ3n) is 3.28. The highest BCUT2D eigenvalue weighted by molar-refractivity contribution is 7.12. The maximum atomic E-state index is 11.2. The summed E-state index contributed by atoms with van der Waals surface area (Å²) in [7, 11) is 0. The average molecular weight is 239 g/mol. The van der Waals surface area contributed by atoms with Crippen molar-refractivity contribution in [2.75, 3.05) is 13.1 Å². The van der Waals surface area contributed by atoms with E-state index < -0.39 is 5.97 Å². The summed E-state index contributed by atoms with van der Waals surface area (Å²) >= 11 is 1.72. The van der Waals surface area contributed by atoms with Crippen LogP contribution >= 0.6 is 11.3 Å². The van der Waals surface area contributed by atoms with Crippen LogP contribution < -0.4 is 0 Å². The Balaban J connectivity index is 2.29. The average Bonchev–Trinajstić information content (AvgIpc) is 2.82. The van der Waals surface area contributed by atoms with Crippen molar-refractivity contribution in [3.05, 3.63) is 21.9 Å². The SMILES string of the molecule is CCN1CC[C@H](C(=O)O)[C@H]1c1ccc(C)s1. The molecule has 2 rings (SSSR count). The third kappa shape index (κ3) is 1.99. The van der Waals surface area contributed by atoms with Gasteiger partial charge in [-0.1, -0.05) is 6.92 Å². The highest BCUT2D eigenvalue weighted by Crippen LogP contribution is 2.39. The van der Waals surface area contributed by atoms with Crippen LogP contribution in [0.5, 0.6) is 0 Å². The summed E-state index contributed by atoms with van der Waals surface area (Å²) in [5.41, 5.74) is 0. The number of aliphatic carboxylic acids is 1. The van der Waals surface area contributed by atoms with E-state index in [1.165, 1.54) is 9.75 Å². The molecule has 1 fully saturated rings. The number of hydrogen-bond donors (Lipinski definition) is 1. The van der Waals surface area contributed by atoms with Crippen LogP contribution in [0.25, 0.3) is 0 Å². The fourth-order valence-electron chi connectivity index (χ4n) is 2.46. The van der Waals surface area contributed by atoms with E-state index in [1.807, 2.05) is 0 Å². The summed E-state index contributed by atoms with van der Waals surface area (Å²) in [6.45, 7) is 5.98. The Hall–Kier alpha value is -0.870. The maximum absolute atomic E-state index is 11.2. The first-order chi connectivity index (χ1) is 7.63. The lowest BCUT2D eigenvalue weighted by Gasteiger charge is -2.24. The van der Waals surface area contributed by atoms with Gasteiger partial charge in [-0.15, -0.1) is 11.3 Å². The number of carboxylic acids is 1. The van der Waals surface area contributed by atoms with Crippen LogP contribution in [0.2, 0.25) is 0 Å². The quantitative estimate of drug-likeness (QED) is 0.881. The number of likely N-dealkylation sites (tertiary alicyclic amines) is 1. The number of rotatable bonds is 3. The van der Waals surface area contributed by atoms with Crippen LogP contribution in [0.15, 0.2) is 12.1 Å². The van der Waals surface area contributed by atoms with E-state index in [4.69, 9.17) is 0 Å². The van der Waals surface area contributed by atoms with Crippen LogP contribution in [0.4, 0.5) is 0 Å². The van der Waals surface area contributed by atoms with Gasteiger partial charge in [0.25, 0.3) is 0 Å². The lowest BCUT2D eigenvalue weighted by atomic mass is 9.99. The molecule has 2 heterocycles. The zero-order valence-electron chi connectivity index (χ0n) is 9.64. The molecule has 1 aliphatic heterocycles. The molecule has 4 heteroatoms. The van der Waals surface area contributed by atoms with Gasteiger partial charge in [-0.2, -0.15) is 0 Å². The second-order valence-electron chi connectivity index (χ2n) is 4.26. The van der Waals surface area contributed by atoms with E-state index in [1.54, 1.807) is 11.3 Å². The van der Waals surface area contributed by atoms with Gasteiger partial charge < -0.3 is 5.11 Å². The molecule has 0 aromatic carbocycles. The fourth-order valence-corrected chi connectivity index (χ4v) is 3.54. The monoisotopic (exact) mass is 239 g/mol. The van der Waals surface area contributed by atoms with Crippen LogP contribution in [0, 0.1) is 12.8 Å². The zero-order chi connectivity index (χ0) is 11.7. The molecule has 0 unspecified atom stereocenters. The van der Waals surface area contributed by atoms with Gasteiger partial charge in [0.1, 0.15) is 0 Å². The highest BCUT2D eigenvalue weighted by atomic mass is 32.1. The summed E-state index contributed by atoms with van der Waals surface area (Å²) in [6, 6.07) is 4.24. The summed E-state index contributed by atoms with van der Waals surface area (Å²) in [5, 5.41) is 9.24. The molecule has 3 nitrogen and oxygen atoms in total. The van der Waals surface area contributed by atoms with Crippen LogP contribution in [0.1, 0.15) is 29.1 Å². The Morgan fingerprint density at radius 2 is 2.38 bits per heavy atom. The van der Waals surface area contributed by atoms with Gasteiger partial charge in [-0.3, -0.25) is 9.69 Å². The minimum Gasteiger partial charge on any atom is -0.481 e. The second kappa shape index (κ2) is 4.55. The van der Waals surface area contributed by atoms with Crippen molar-refractivity contribution in [3.8, 4) is 0 Å². The minimum absolute atomic E-state index is 0.0844. The molecule has 0 saturated carbocycles. The normalized spacial score (nSPS) is 26.1. The first-order valence-electron chi connectivity index (χ1n) is 5.66. The molecular formula is C12H17NO2S. The van der Waals surface area contributed by atoms with Crippen molar-refractivity contribution in [1.82, 2.24) is 4.90 Å². The first kappa shape index (κ1) is 11.6. The summed E-state index contributed by atoms with van der Waals surface area (Å²) < 4.78 is 0. The smallest absolute Gasteiger partial charge is 0.308 e. The van der Waals surface area contributed by atoms with Crippen LogP contribution in [0.3, 0.4) is 0 Å². The molecule has 1 aliphatic rings. The second-order valence-corrected chi connectivity index (χ2v) is 5.57. The molecule has 16 heavy (non-hydrogen) atoms. The van der Waals surface area contributed by atoms with Crippen molar-refractivity contribution in [3.63, 3.8) is 0 Å². The predicted octanol–water partition coefficient (Wildman–Crippen LogP) is 2.52. The third-order valence-corrected chi connectivity index (χ3v) is 4.35. The summed E-state index contributed by atoms with van der Waals surface area (Å²) in [4.78, 5) is 15.9. The van der Waals surface area contributed by atoms with E-state index in [2.05, 4.69) is 30.9 Å². The molecule has 0 amide bonds. The summed E-state index contributed by atoms with van der Waals surface area (Å²) in [6.07, 6.45) is 0.769. The standard InChI is InChI=1S/C12H17NO2S/c1-3-13-7-6-9(12(14)15)11(13)10-5-4-8(2)16-10/h4-5,9,11H,3,6-7H2,1-2H3,(H,14,15)/t9-,11-/m0/s1. The highest BCUT2D eigenvalue weighted by Gasteiger charge is 2.39. The molecule has 0 aliphatic carbocycles. The minimum atomic E-state index is -0.660. The maximum Gasteiger partial charge on any atom is 0.308 e. The predicted molar refractivity (Wildman–Crippen MR) is 64.8 cm³/mol. The molecular weight excluding hydrogens is 222 g/mol. The topological polar surface area (TPSA) is 40.5 Å². The van der Waals surface area contributed by atoms with Gasteiger partial charge in [0, 0.05) is 9.75 Å². The number of carboxylic acid groups (broad SMARTS) is 1. The molecule has 0 spiro atoms. The first-order valence-corrected chi connectivity index (χ1v) is 6.48. The van der Waals surface area contributed by atoms with Gasteiger partial charge in [0.15, 0.2) is 0 Å². The molecule has 1 aromatic rings. The van der Waals surface area contributed by atoms with Crippen molar-refractivity contribution in [2.45, 2.75) is 26.3 Å². The molecule has 1 N–H and O–H groups in total. The number of thiophene rings is 1. The van der Waals surface area contributed by atoms with Gasteiger partial charge in [0.2, 0.25) is 0 Å². The lowest BCUT2D eigenvalue weighted by molar-refractivity contribution is -0.142. The van der Waals surface area contributed by atoms with Gasteiger partial charge in [0.05, 0.1) is 12.0 Å². The Labute approximate surface area is 99.7 Å². The van der Waals surface area contributed by atoms with E-state index in [9.17, 15) is 9.90 Å². The van der Waals surface area contributed by atoms with Crippen molar-refractivity contribution < 1.29 is 9.90 Å². The van der Waals surface area contributed by atoms with E-state index in [0.29, 0.717) is 0 Å². The lowest BCUT2D eigenvalue weighted by Crippen LogP contribution is -2.27. The van der Waals surface area contributed by atoms with Gasteiger partial charge >= 0.3 is 5.97 Å². The van der Waals surface area contributed by atoms with Crippen molar-refractivity contribution >= 4 is 17.3 Å². The van der Waals surface area contributed by atoms with Crippen molar-refractivity contribution in [1.29, 1.82) is 0 Å². The van der Waals surface area contributed by atoms with Crippen LogP contribution in [-0.4, -0.2) is 29.1 Å². The molecule has 1 saturated heterocycles. The number of nitrogens with zero attached hydrogens (tertiary/aromatic N) is 1. The fraction of sp³-hybridized carbons (Fsp3) is 0.583. The van der Waals surface area contributed by atoms with E-state index in [-0.39, 0.29) is 12.0 Å². The van der Waals surface area contributed by atoms with E-state index in [0.717, 1.165) is 19.5 Å². The largest absolute Gasteiger partial charge is 0.481 e. The Bertz CT molecular complexity index is 388. The summed E-state index contributed by atoms with van der Waals surface area (Å²) in [5.74, 6) is -0.898. The molecule has 0 radical (unpaired) electrons. The molecule has 2 atom stereocenters. The number of aryl methyl sites for hydroxylation is 1. The Morgan fingerprint density at radius 3 is 2.88 bits per heavy atom. The van der Waals surface area contributed by atoms with Gasteiger partial charge in [-0.05, 0) is 38.6 Å². The van der Waals surface area contributed by atoms with Crippen LogP contribution in [-0.2, 0) is 4.79 Å². The Kier molecular flexibility index (Phi) is 3.30. The van der Waals surface area contributed by atoms with Gasteiger partial charge in [-0.25, -0.2) is 0 Å². The molecule has 1 aromatic heterocycles. The van der Waals surface area contributed by atoms with Crippen molar-refractivity contribution in [2.24, 2.45) is 5.92 Å². The van der Waals surface area contributed by atoms with E-state index >= 15 is 0 Å². The molecule has 0 bridgehead atoms. The zero-order valence-corrected chi connectivity index (χ0v) is 10.5. The number of carbonyl (C=O) groups is 1. The molecule has 88 valence electrons. The Morgan fingerprint density at radius 1 is 1.62 bits per heavy atom.